The first-order valence-corrected chi connectivity index (χ1v) is 7.69. The zero-order chi connectivity index (χ0) is 14.4. The minimum atomic E-state index is 0.564. The van der Waals surface area contributed by atoms with Crippen molar-refractivity contribution in [2.75, 3.05) is 31.1 Å². The van der Waals surface area contributed by atoms with E-state index in [1.165, 1.54) is 19.3 Å². The van der Waals surface area contributed by atoms with E-state index in [4.69, 9.17) is 4.74 Å². The van der Waals surface area contributed by atoms with Gasteiger partial charge in [0.05, 0.1) is 12.2 Å². The van der Waals surface area contributed by atoms with Crippen LogP contribution in [-0.4, -0.2) is 42.3 Å². The highest BCUT2D eigenvalue weighted by molar-refractivity contribution is 5.50. The van der Waals surface area contributed by atoms with Crippen molar-refractivity contribution < 1.29 is 4.74 Å². The van der Waals surface area contributed by atoms with Gasteiger partial charge in [-0.05, 0) is 40.2 Å². The van der Waals surface area contributed by atoms with Gasteiger partial charge in [0.1, 0.15) is 12.1 Å². The van der Waals surface area contributed by atoms with E-state index < -0.39 is 0 Å². The molecule has 1 unspecified atom stereocenters. The SMILES string of the molecule is CCOc1ncnc(N(CC)CC2CCCCN2)c1C. The molecule has 0 amide bonds. The summed E-state index contributed by atoms with van der Waals surface area (Å²) in [5.74, 6) is 1.70. The Morgan fingerprint density at radius 1 is 1.35 bits per heavy atom. The lowest BCUT2D eigenvalue weighted by molar-refractivity contribution is 0.323. The van der Waals surface area contributed by atoms with Gasteiger partial charge < -0.3 is 15.0 Å². The number of aromatic nitrogens is 2. The fraction of sp³-hybridized carbons (Fsp3) is 0.733. The van der Waals surface area contributed by atoms with Crippen molar-refractivity contribution >= 4 is 5.82 Å². The van der Waals surface area contributed by atoms with Gasteiger partial charge in [-0.15, -0.1) is 0 Å². The summed E-state index contributed by atoms with van der Waals surface area (Å²) < 4.78 is 5.57. The zero-order valence-electron chi connectivity index (χ0n) is 12.9. The summed E-state index contributed by atoms with van der Waals surface area (Å²) in [5.41, 5.74) is 1.03. The Morgan fingerprint density at radius 2 is 2.20 bits per heavy atom. The molecule has 0 saturated carbocycles. The van der Waals surface area contributed by atoms with Crippen LogP contribution in [0.25, 0.3) is 0 Å². The van der Waals surface area contributed by atoms with Crippen LogP contribution in [0.15, 0.2) is 6.33 Å². The van der Waals surface area contributed by atoms with Gasteiger partial charge in [-0.3, -0.25) is 0 Å². The molecule has 1 aliphatic rings. The van der Waals surface area contributed by atoms with Gasteiger partial charge in [0.25, 0.3) is 0 Å². The van der Waals surface area contributed by atoms with Gasteiger partial charge in [0, 0.05) is 19.1 Å². The Morgan fingerprint density at radius 3 is 2.85 bits per heavy atom. The smallest absolute Gasteiger partial charge is 0.221 e. The maximum Gasteiger partial charge on any atom is 0.221 e. The van der Waals surface area contributed by atoms with Crippen LogP contribution in [0.2, 0.25) is 0 Å². The van der Waals surface area contributed by atoms with Crippen LogP contribution in [0.3, 0.4) is 0 Å². The fourth-order valence-corrected chi connectivity index (χ4v) is 2.74. The number of hydrogen-bond acceptors (Lipinski definition) is 5. The van der Waals surface area contributed by atoms with Crippen molar-refractivity contribution in [1.29, 1.82) is 0 Å². The Labute approximate surface area is 121 Å². The van der Waals surface area contributed by atoms with E-state index in [0.29, 0.717) is 18.5 Å². The number of hydrogen-bond donors (Lipinski definition) is 1. The van der Waals surface area contributed by atoms with Crippen molar-refractivity contribution in [2.24, 2.45) is 0 Å². The molecule has 0 bridgehead atoms. The normalized spacial score (nSPS) is 18.9. The molecule has 1 aliphatic heterocycles. The summed E-state index contributed by atoms with van der Waals surface area (Å²) in [7, 11) is 0. The van der Waals surface area contributed by atoms with Gasteiger partial charge in [-0.25, -0.2) is 9.97 Å². The number of nitrogens with zero attached hydrogens (tertiary/aromatic N) is 3. The molecule has 0 aliphatic carbocycles. The van der Waals surface area contributed by atoms with E-state index in [0.717, 1.165) is 31.0 Å². The summed E-state index contributed by atoms with van der Waals surface area (Å²) in [5, 5.41) is 3.60. The van der Waals surface area contributed by atoms with E-state index in [1.807, 2.05) is 13.8 Å². The van der Waals surface area contributed by atoms with E-state index in [9.17, 15) is 0 Å². The Bertz CT molecular complexity index is 418. The van der Waals surface area contributed by atoms with Gasteiger partial charge in [0.15, 0.2) is 0 Å². The third-order valence-electron chi connectivity index (χ3n) is 3.83. The molecule has 112 valence electrons. The molecule has 1 N–H and O–H groups in total. The molecule has 0 radical (unpaired) electrons. The van der Waals surface area contributed by atoms with Crippen LogP contribution < -0.4 is 15.0 Å². The largest absolute Gasteiger partial charge is 0.478 e. The van der Waals surface area contributed by atoms with E-state index in [-0.39, 0.29) is 0 Å². The third kappa shape index (κ3) is 3.60. The van der Waals surface area contributed by atoms with Crippen LogP contribution in [0.1, 0.15) is 38.7 Å². The summed E-state index contributed by atoms with van der Waals surface area (Å²) in [6, 6.07) is 0.564. The molecular weight excluding hydrogens is 252 g/mol. The number of ether oxygens (including phenoxy) is 1. The minimum absolute atomic E-state index is 0.564. The highest BCUT2D eigenvalue weighted by atomic mass is 16.5. The molecule has 0 spiro atoms. The van der Waals surface area contributed by atoms with Gasteiger partial charge >= 0.3 is 0 Å². The molecule has 1 aromatic rings. The van der Waals surface area contributed by atoms with Gasteiger partial charge in [0.2, 0.25) is 5.88 Å². The maximum atomic E-state index is 5.57. The zero-order valence-corrected chi connectivity index (χ0v) is 12.9. The van der Waals surface area contributed by atoms with Crippen molar-refractivity contribution in [3.63, 3.8) is 0 Å². The molecule has 1 saturated heterocycles. The number of piperidine rings is 1. The summed E-state index contributed by atoms with van der Waals surface area (Å²) in [6.45, 7) is 9.90. The topological polar surface area (TPSA) is 50.3 Å². The molecule has 2 heterocycles. The number of likely N-dealkylation sites (N-methyl/N-ethyl adjacent to an activating group) is 1. The third-order valence-corrected chi connectivity index (χ3v) is 3.83. The standard InChI is InChI=1S/C15H26N4O/c1-4-19(10-13-8-6-7-9-16-13)14-12(3)15(20-5-2)18-11-17-14/h11,13,16H,4-10H2,1-3H3. The minimum Gasteiger partial charge on any atom is -0.478 e. The molecule has 0 aromatic carbocycles. The number of rotatable bonds is 6. The Balaban J connectivity index is 2.11. The van der Waals surface area contributed by atoms with Crippen LogP contribution in [-0.2, 0) is 0 Å². The maximum absolute atomic E-state index is 5.57. The predicted molar refractivity (Wildman–Crippen MR) is 81.5 cm³/mol. The molecule has 1 fully saturated rings. The fourth-order valence-electron chi connectivity index (χ4n) is 2.74. The Kier molecular flexibility index (Phi) is 5.59. The molecule has 2 rings (SSSR count). The summed E-state index contributed by atoms with van der Waals surface area (Å²) >= 11 is 0. The van der Waals surface area contributed by atoms with Crippen LogP contribution >= 0.6 is 0 Å². The summed E-state index contributed by atoms with van der Waals surface area (Å²) in [6.07, 6.45) is 5.47. The first kappa shape index (κ1) is 15.0. The molecule has 20 heavy (non-hydrogen) atoms. The van der Waals surface area contributed by atoms with E-state index >= 15 is 0 Å². The highest BCUT2D eigenvalue weighted by Crippen LogP contribution is 2.24. The average molecular weight is 278 g/mol. The van der Waals surface area contributed by atoms with E-state index in [1.54, 1.807) is 6.33 Å². The molecular formula is C15H26N4O. The monoisotopic (exact) mass is 278 g/mol. The molecule has 5 heteroatoms. The second-order valence-electron chi connectivity index (χ2n) is 5.25. The van der Waals surface area contributed by atoms with Crippen molar-refractivity contribution in [1.82, 2.24) is 15.3 Å². The Hall–Kier alpha value is -1.36. The van der Waals surface area contributed by atoms with Gasteiger partial charge in [-0.2, -0.15) is 0 Å². The lowest BCUT2D eigenvalue weighted by Crippen LogP contribution is -2.44. The van der Waals surface area contributed by atoms with Crippen LogP contribution in [0.4, 0.5) is 5.82 Å². The summed E-state index contributed by atoms with van der Waals surface area (Å²) in [4.78, 5) is 11.0. The molecule has 1 atom stereocenters. The van der Waals surface area contributed by atoms with E-state index in [2.05, 4.69) is 27.1 Å². The molecule has 5 nitrogen and oxygen atoms in total. The quantitative estimate of drug-likeness (QED) is 0.864. The van der Waals surface area contributed by atoms with Crippen LogP contribution in [0, 0.1) is 6.92 Å². The number of nitrogens with one attached hydrogen (secondary N) is 1. The average Bonchev–Trinajstić information content (AvgIpc) is 2.49. The van der Waals surface area contributed by atoms with Crippen molar-refractivity contribution in [3.05, 3.63) is 11.9 Å². The van der Waals surface area contributed by atoms with Crippen LogP contribution in [0.5, 0.6) is 5.88 Å². The molecule has 1 aromatic heterocycles. The second-order valence-corrected chi connectivity index (χ2v) is 5.25. The lowest BCUT2D eigenvalue weighted by Gasteiger charge is -2.31. The highest BCUT2D eigenvalue weighted by Gasteiger charge is 2.19. The first-order valence-electron chi connectivity index (χ1n) is 7.69. The first-order chi connectivity index (χ1) is 9.76. The lowest BCUT2D eigenvalue weighted by atomic mass is 10.0. The number of anilines is 1. The van der Waals surface area contributed by atoms with Crippen molar-refractivity contribution in [2.45, 2.75) is 46.1 Å². The predicted octanol–water partition coefficient (Wildman–Crippen LogP) is 2.15. The van der Waals surface area contributed by atoms with Crippen molar-refractivity contribution in [3.8, 4) is 5.88 Å². The second kappa shape index (κ2) is 7.43. The van der Waals surface area contributed by atoms with Gasteiger partial charge in [-0.1, -0.05) is 6.42 Å².